The van der Waals surface area contributed by atoms with E-state index in [1.54, 1.807) is 0 Å². The molecule has 1 aromatic heterocycles. The quantitative estimate of drug-likeness (QED) is 0.586. The van der Waals surface area contributed by atoms with Gasteiger partial charge in [0.1, 0.15) is 0 Å². The Bertz CT molecular complexity index is 223. The third-order valence-electron chi connectivity index (χ3n) is 2.21. The summed E-state index contributed by atoms with van der Waals surface area (Å²) in [7, 11) is 0. The zero-order valence-electron chi connectivity index (χ0n) is 6.46. The number of H-pyrrole nitrogens is 1. The molecule has 0 amide bonds. The van der Waals surface area contributed by atoms with Gasteiger partial charge in [-0.3, -0.25) is 0 Å². The fourth-order valence-electron chi connectivity index (χ4n) is 1.48. The standard InChI is InChI=1S/C6H11N5/c1-6(3-2-4-7-6)5-8-10-11-9-5/h7H,2-4H2,1H3,(H,8,9,10,11)/t6-/m0/s1. The van der Waals surface area contributed by atoms with Gasteiger partial charge in [-0.1, -0.05) is 5.21 Å². The second-order valence-electron chi connectivity index (χ2n) is 3.10. The fourth-order valence-corrected chi connectivity index (χ4v) is 1.48. The summed E-state index contributed by atoms with van der Waals surface area (Å²) in [6.45, 7) is 3.15. The van der Waals surface area contributed by atoms with E-state index in [4.69, 9.17) is 0 Å². The highest BCUT2D eigenvalue weighted by atomic mass is 15.5. The van der Waals surface area contributed by atoms with E-state index in [1.807, 2.05) is 0 Å². The molecule has 60 valence electrons. The molecule has 5 nitrogen and oxygen atoms in total. The second-order valence-corrected chi connectivity index (χ2v) is 3.10. The van der Waals surface area contributed by atoms with Crippen LogP contribution in [0, 0.1) is 0 Å². The third kappa shape index (κ3) is 1.01. The van der Waals surface area contributed by atoms with Crippen LogP contribution in [0.15, 0.2) is 0 Å². The Morgan fingerprint density at radius 3 is 3.00 bits per heavy atom. The van der Waals surface area contributed by atoms with Gasteiger partial charge < -0.3 is 5.32 Å². The maximum absolute atomic E-state index is 3.96. The van der Waals surface area contributed by atoms with Crippen molar-refractivity contribution in [3.05, 3.63) is 5.82 Å². The number of tetrazole rings is 1. The lowest BCUT2D eigenvalue weighted by molar-refractivity contribution is 0.407. The van der Waals surface area contributed by atoms with Crippen molar-refractivity contribution in [2.45, 2.75) is 25.3 Å². The molecule has 0 spiro atoms. The summed E-state index contributed by atoms with van der Waals surface area (Å²) in [5, 5.41) is 17.3. The minimum absolute atomic E-state index is 0.0486. The van der Waals surface area contributed by atoms with Gasteiger partial charge in [0.2, 0.25) is 0 Å². The van der Waals surface area contributed by atoms with Crippen LogP contribution >= 0.6 is 0 Å². The number of rotatable bonds is 1. The molecule has 0 aromatic carbocycles. The Hall–Kier alpha value is -0.970. The highest BCUT2D eigenvalue weighted by Gasteiger charge is 2.33. The van der Waals surface area contributed by atoms with Gasteiger partial charge in [-0.2, -0.15) is 5.21 Å². The van der Waals surface area contributed by atoms with Gasteiger partial charge in [0.05, 0.1) is 5.54 Å². The van der Waals surface area contributed by atoms with Crippen molar-refractivity contribution >= 4 is 0 Å². The predicted molar refractivity (Wildman–Crippen MR) is 38.8 cm³/mol. The van der Waals surface area contributed by atoms with Gasteiger partial charge in [-0.25, -0.2) is 0 Å². The molecule has 1 atom stereocenters. The summed E-state index contributed by atoms with van der Waals surface area (Å²) >= 11 is 0. The summed E-state index contributed by atoms with van der Waals surface area (Å²) < 4.78 is 0. The van der Waals surface area contributed by atoms with Gasteiger partial charge in [0, 0.05) is 0 Å². The van der Waals surface area contributed by atoms with E-state index in [1.165, 1.54) is 6.42 Å². The number of hydrogen-bond donors (Lipinski definition) is 2. The maximum Gasteiger partial charge on any atom is 0.194 e. The molecule has 5 heteroatoms. The van der Waals surface area contributed by atoms with Crippen LogP contribution in [-0.2, 0) is 5.54 Å². The lowest BCUT2D eigenvalue weighted by Gasteiger charge is -2.18. The lowest BCUT2D eigenvalue weighted by Crippen LogP contribution is -2.34. The third-order valence-corrected chi connectivity index (χ3v) is 2.21. The first-order valence-electron chi connectivity index (χ1n) is 3.80. The number of hydrogen-bond acceptors (Lipinski definition) is 4. The average Bonchev–Trinajstić information content (AvgIpc) is 2.55. The maximum atomic E-state index is 3.96. The monoisotopic (exact) mass is 153 g/mol. The van der Waals surface area contributed by atoms with Gasteiger partial charge in [0.25, 0.3) is 0 Å². The molecule has 0 unspecified atom stereocenters. The summed E-state index contributed by atoms with van der Waals surface area (Å²) in [6, 6.07) is 0. The number of nitrogens with one attached hydrogen (secondary N) is 2. The van der Waals surface area contributed by atoms with Crippen molar-refractivity contribution < 1.29 is 0 Å². The molecule has 0 radical (unpaired) electrons. The van der Waals surface area contributed by atoms with E-state index < -0.39 is 0 Å². The van der Waals surface area contributed by atoms with E-state index in [9.17, 15) is 0 Å². The predicted octanol–water partition coefficient (Wildman–Crippen LogP) is -0.202. The molecule has 0 bridgehead atoms. The highest BCUT2D eigenvalue weighted by molar-refractivity contribution is 5.03. The van der Waals surface area contributed by atoms with Crippen molar-refractivity contribution in [1.29, 1.82) is 0 Å². The Kier molecular flexibility index (Phi) is 1.38. The van der Waals surface area contributed by atoms with Gasteiger partial charge in [-0.15, -0.1) is 10.2 Å². The van der Waals surface area contributed by atoms with Crippen LogP contribution in [-0.4, -0.2) is 27.2 Å². The normalized spacial score (nSPS) is 31.0. The first kappa shape index (κ1) is 6.72. The van der Waals surface area contributed by atoms with Gasteiger partial charge in [0.15, 0.2) is 5.82 Å². The Morgan fingerprint density at radius 2 is 2.45 bits per heavy atom. The lowest BCUT2D eigenvalue weighted by atomic mass is 10.0. The van der Waals surface area contributed by atoms with Crippen LogP contribution in [0.4, 0.5) is 0 Å². The van der Waals surface area contributed by atoms with Crippen molar-refractivity contribution in [1.82, 2.24) is 25.9 Å². The van der Waals surface area contributed by atoms with Crippen LogP contribution in [0.3, 0.4) is 0 Å². The van der Waals surface area contributed by atoms with E-state index in [0.29, 0.717) is 0 Å². The topological polar surface area (TPSA) is 66.5 Å². The number of nitrogens with zero attached hydrogens (tertiary/aromatic N) is 3. The van der Waals surface area contributed by atoms with Crippen LogP contribution in [0.25, 0.3) is 0 Å². The van der Waals surface area contributed by atoms with Crippen molar-refractivity contribution in [3.63, 3.8) is 0 Å². The van der Waals surface area contributed by atoms with Crippen molar-refractivity contribution in [3.8, 4) is 0 Å². The van der Waals surface area contributed by atoms with Crippen molar-refractivity contribution in [2.24, 2.45) is 0 Å². The fraction of sp³-hybridized carbons (Fsp3) is 0.833. The molecule has 0 saturated carbocycles. The first-order valence-corrected chi connectivity index (χ1v) is 3.80. The average molecular weight is 153 g/mol. The molecular formula is C6H11N5. The zero-order valence-corrected chi connectivity index (χ0v) is 6.46. The Balaban J connectivity index is 2.27. The molecular weight excluding hydrogens is 142 g/mol. The Labute approximate surface area is 64.6 Å². The second kappa shape index (κ2) is 2.27. The van der Waals surface area contributed by atoms with E-state index in [2.05, 4.69) is 32.9 Å². The molecule has 1 aliphatic rings. The summed E-state index contributed by atoms with van der Waals surface area (Å²) in [5.74, 6) is 0.773. The number of aromatic amines is 1. The minimum atomic E-state index is -0.0486. The molecule has 1 aromatic rings. The van der Waals surface area contributed by atoms with E-state index >= 15 is 0 Å². The van der Waals surface area contributed by atoms with Crippen LogP contribution in [0.1, 0.15) is 25.6 Å². The van der Waals surface area contributed by atoms with Crippen molar-refractivity contribution in [2.75, 3.05) is 6.54 Å². The molecule has 2 N–H and O–H groups in total. The van der Waals surface area contributed by atoms with E-state index in [0.717, 1.165) is 18.8 Å². The number of aromatic nitrogens is 4. The van der Waals surface area contributed by atoms with Gasteiger partial charge in [-0.05, 0) is 26.3 Å². The highest BCUT2D eigenvalue weighted by Crippen LogP contribution is 2.26. The molecule has 11 heavy (non-hydrogen) atoms. The smallest absolute Gasteiger partial charge is 0.194 e. The first-order chi connectivity index (χ1) is 5.31. The molecule has 2 rings (SSSR count). The van der Waals surface area contributed by atoms with Crippen LogP contribution in [0.2, 0.25) is 0 Å². The van der Waals surface area contributed by atoms with Crippen LogP contribution in [0.5, 0.6) is 0 Å². The SMILES string of the molecule is C[C@@]1(c2nn[nH]n2)CCCN1. The van der Waals surface area contributed by atoms with Gasteiger partial charge >= 0.3 is 0 Å². The van der Waals surface area contributed by atoms with Crippen LogP contribution < -0.4 is 5.32 Å². The molecule has 1 aliphatic heterocycles. The zero-order chi connectivity index (χ0) is 7.73. The molecule has 0 aliphatic carbocycles. The van der Waals surface area contributed by atoms with E-state index in [-0.39, 0.29) is 5.54 Å². The Morgan fingerprint density at radius 1 is 1.55 bits per heavy atom. The summed E-state index contributed by atoms with van der Waals surface area (Å²) in [6.07, 6.45) is 2.28. The molecule has 1 saturated heterocycles. The largest absolute Gasteiger partial charge is 0.305 e. The summed E-state index contributed by atoms with van der Waals surface area (Å²) in [4.78, 5) is 0. The minimum Gasteiger partial charge on any atom is -0.305 e. The summed E-state index contributed by atoms with van der Waals surface area (Å²) in [5.41, 5.74) is -0.0486. The molecule has 2 heterocycles. The molecule has 1 fully saturated rings.